The van der Waals surface area contributed by atoms with E-state index in [-0.39, 0.29) is 0 Å². The molecule has 1 heterocycles. The number of hydrogen-bond acceptors (Lipinski definition) is 4. The molecule has 100 valence electrons. The van der Waals surface area contributed by atoms with Crippen molar-refractivity contribution in [1.29, 1.82) is 0 Å². The maximum Gasteiger partial charge on any atom is 0.221 e. The van der Waals surface area contributed by atoms with E-state index < -0.39 is 0 Å². The lowest BCUT2D eigenvalue weighted by atomic mass is 10.2. The zero-order chi connectivity index (χ0) is 13.8. The van der Waals surface area contributed by atoms with Crippen LogP contribution in [0.2, 0.25) is 0 Å². The average molecular weight is 323 g/mol. The van der Waals surface area contributed by atoms with Crippen LogP contribution in [0.1, 0.15) is 18.2 Å². The standard InChI is InChI=1S/C13H15BrN4O/c1-3-19-12-5-4-10(6-11(12)14)7-16-18-8-9(2)17-13(18)15/h4-8H,3H2,1-2H3,(H2,15,17). The first-order valence-electron chi connectivity index (χ1n) is 5.88. The second-order valence-electron chi connectivity index (χ2n) is 3.95. The number of halogens is 1. The van der Waals surface area contributed by atoms with Crippen molar-refractivity contribution in [2.45, 2.75) is 13.8 Å². The van der Waals surface area contributed by atoms with Gasteiger partial charge in [-0.3, -0.25) is 0 Å². The number of anilines is 1. The summed E-state index contributed by atoms with van der Waals surface area (Å²) in [7, 11) is 0. The quantitative estimate of drug-likeness (QED) is 0.880. The van der Waals surface area contributed by atoms with Gasteiger partial charge < -0.3 is 10.5 Å². The molecule has 1 aromatic carbocycles. The lowest BCUT2D eigenvalue weighted by Crippen LogP contribution is -1.97. The Morgan fingerprint density at radius 3 is 2.89 bits per heavy atom. The van der Waals surface area contributed by atoms with E-state index in [1.807, 2.05) is 32.0 Å². The summed E-state index contributed by atoms with van der Waals surface area (Å²) < 4.78 is 7.89. The highest BCUT2D eigenvalue weighted by Gasteiger charge is 2.02. The second-order valence-corrected chi connectivity index (χ2v) is 4.81. The van der Waals surface area contributed by atoms with Crippen LogP contribution in [0.15, 0.2) is 34.0 Å². The SMILES string of the molecule is CCOc1ccc(C=Nn2cc(C)nc2N)cc1Br. The Balaban J connectivity index is 2.19. The molecule has 0 unspecified atom stereocenters. The Bertz CT molecular complexity index is 607. The second kappa shape index (κ2) is 5.88. The third-order valence-corrected chi connectivity index (χ3v) is 3.04. The molecule has 19 heavy (non-hydrogen) atoms. The molecule has 0 saturated heterocycles. The number of nitrogens with two attached hydrogens (primary N) is 1. The number of rotatable bonds is 4. The van der Waals surface area contributed by atoms with E-state index in [2.05, 4.69) is 26.0 Å². The van der Waals surface area contributed by atoms with Crippen LogP contribution in [0.4, 0.5) is 5.95 Å². The fourth-order valence-electron chi connectivity index (χ4n) is 1.60. The molecule has 2 aromatic rings. The van der Waals surface area contributed by atoms with Gasteiger partial charge in [0.1, 0.15) is 5.75 Å². The minimum Gasteiger partial charge on any atom is -0.493 e. The topological polar surface area (TPSA) is 65.4 Å². The molecule has 5 nitrogen and oxygen atoms in total. The summed E-state index contributed by atoms with van der Waals surface area (Å²) in [6.07, 6.45) is 3.49. The monoisotopic (exact) mass is 322 g/mol. The highest BCUT2D eigenvalue weighted by Crippen LogP contribution is 2.25. The van der Waals surface area contributed by atoms with Gasteiger partial charge in [0.25, 0.3) is 0 Å². The normalized spacial score (nSPS) is 11.1. The molecule has 0 atom stereocenters. The van der Waals surface area contributed by atoms with Gasteiger partial charge in [-0.05, 0) is 53.5 Å². The van der Waals surface area contributed by atoms with Crippen LogP contribution in [0.25, 0.3) is 0 Å². The molecule has 6 heteroatoms. The predicted molar refractivity (Wildman–Crippen MR) is 79.7 cm³/mol. The number of ether oxygens (including phenoxy) is 1. The van der Waals surface area contributed by atoms with Crippen LogP contribution < -0.4 is 10.5 Å². The summed E-state index contributed by atoms with van der Waals surface area (Å²) in [6, 6.07) is 5.77. The van der Waals surface area contributed by atoms with Gasteiger partial charge in [-0.1, -0.05) is 0 Å². The molecule has 0 spiro atoms. The maximum absolute atomic E-state index is 5.71. The fourth-order valence-corrected chi connectivity index (χ4v) is 2.11. The molecule has 2 N–H and O–H groups in total. The molecule has 0 bridgehead atoms. The Morgan fingerprint density at radius 1 is 1.53 bits per heavy atom. The predicted octanol–water partition coefficient (Wildman–Crippen LogP) is 2.82. The summed E-state index contributed by atoms with van der Waals surface area (Å²) in [5.74, 6) is 1.19. The van der Waals surface area contributed by atoms with Crippen LogP contribution in [-0.2, 0) is 0 Å². The van der Waals surface area contributed by atoms with E-state index in [1.165, 1.54) is 0 Å². The molecule has 0 amide bonds. The number of aryl methyl sites for hydroxylation is 1. The zero-order valence-corrected chi connectivity index (χ0v) is 12.4. The van der Waals surface area contributed by atoms with E-state index in [0.717, 1.165) is 21.5 Å². The third-order valence-electron chi connectivity index (χ3n) is 2.42. The van der Waals surface area contributed by atoms with Gasteiger partial charge in [0.2, 0.25) is 5.95 Å². The van der Waals surface area contributed by atoms with Crippen molar-refractivity contribution in [3.05, 3.63) is 40.1 Å². The van der Waals surface area contributed by atoms with Crippen LogP contribution in [0.5, 0.6) is 5.75 Å². The van der Waals surface area contributed by atoms with Crippen molar-refractivity contribution in [3.63, 3.8) is 0 Å². The smallest absolute Gasteiger partial charge is 0.221 e. The first-order chi connectivity index (χ1) is 9.10. The largest absolute Gasteiger partial charge is 0.493 e. The molecule has 0 aliphatic carbocycles. The van der Waals surface area contributed by atoms with Crippen molar-refractivity contribution in [1.82, 2.24) is 9.66 Å². The van der Waals surface area contributed by atoms with E-state index in [4.69, 9.17) is 10.5 Å². The van der Waals surface area contributed by atoms with Gasteiger partial charge in [0.15, 0.2) is 0 Å². The highest BCUT2D eigenvalue weighted by atomic mass is 79.9. The van der Waals surface area contributed by atoms with Crippen LogP contribution in [-0.4, -0.2) is 22.5 Å². The van der Waals surface area contributed by atoms with Crippen LogP contribution >= 0.6 is 15.9 Å². The van der Waals surface area contributed by atoms with Gasteiger partial charge in [-0.2, -0.15) is 5.10 Å². The number of nitrogens with zero attached hydrogens (tertiary/aromatic N) is 3. The number of hydrogen-bond donors (Lipinski definition) is 1. The molecule has 2 rings (SSSR count). The fraction of sp³-hybridized carbons (Fsp3) is 0.231. The average Bonchev–Trinajstić information content (AvgIpc) is 2.68. The van der Waals surface area contributed by atoms with E-state index in [0.29, 0.717) is 12.6 Å². The Hall–Kier alpha value is -1.82. The third kappa shape index (κ3) is 3.35. The Labute approximate surface area is 120 Å². The van der Waals surface area contributed by atoms with Gasteiger partial charge >= 0.3 is 0 Å². The van der Waals surface area contributed by atoms with Gasteiger partial charge in [-0.25, -0.2) is 9.66 Å². The van der Waals surface area contributed by atoms with Crippen LogP contribution in [0, 0.1) is 6.92 Å². The van der Waals surface area contributed by atoms with E-state index in [9.17, 15) is 0 Å². The molecule has 0 aliphatic rings. The number of imidazole rings is 1. The molecular formula is C13H15BrN4O. The summed E-state index contributed by atoms with van der Waals surface area (Å²) in [4.78, 5) is 4.08. The molecule has 0 radical (unpaired) electrons. The summed E-state index contributed by atoms with van der Waals surface area (Å²) >= 11 is 3.46. The molecule has 0 fully saturated rings. The minimum absolute atomic E-state index is 0.374. The lowest BCUT2D eigenvalue weighted by Gasteiger charge is -2.05. The maximum atomic E-state index is 5.71. The number of nitrogen functional groups attached to an aromatic ring is 1. The van der Waals surface area contributed by atoms with Gasteiger partial charge in [0.05, 0.1) is 29.2 Å². The summed E-state index contributed by atoms with van der Waals surface area (Å²) in [5.41, 5.74) is 7.49. The Morgan fingerprint density at radius 2 is 2.32 bits per heavy atom. The van der Waals surface area contributed by atoms with E-state index in [1.54, 1.807) is 17.1 Å². The van der Waals surface area contributed by atoms with Crippen molar-refractivity contribution in [3.8, 4) is 5.75 Å². The van der Waals surface area contributed by atoms with Crippen molar-refractivity contribution in [2.24, 2.45) is 5.10 Å². The van der Waals surface area contributed by atoms with Crippen molar-refractivity contribution >= 4 is 28.1 Å². The van der Waals surface area contributed by atoms with Crippen LogP contribution in [0.3, 0.4) is 0 Å². The van der Waals surface area contributed by atoms with E-state index >= 15 is 0 Å². The molecule has 0 saturated carbocycles. The van der Waals surface area contributed by atoms with Crippen molar-refractivity contribution < 1.29 is 4.74 Å². The first-order valence-corrected chi connectivity index (χ1v) is 6.67. The first kappa shape index (κ1) is 13.6. The highest BCUT2D eigenvalue weighted by molar-refractivity contribution is 9.10. The summed E-state index contributed by atoms with van der Waals surface area (Å²) in [6.45, 7) is 4.46. The molecule has 0 aliphatic heterocycles. The van der Waals surface area contributed by atoms with Crippen molar-refractivity contribution in [2.75, 3.05) is 12.3 Å². The minimum atomic E-state index is 0.374. The molecule has 1 aromatic heterocycles. The zero-order valence-electron chi connectivity index (χ0n) is 10.8. The Kier molecular flexibility index (Phi) is 4.21. The lowest BCUT2D eigenvalue weighted by molar-refractivity contribution is 0.338. The number of benzene rings is 1. The summed E-state index contributed by atoms with van der Waals surface area (Å²) in [5, 5.41) is 4.26. The van der Waals surface area contributed by atoms with Gasteiger partial charge in [-0.15, -0.1) is 0 Å². The molecular weight excluding hydrogens is 308 g/mol. The van der Waals surface area contributed by atoms with Gasteiger partial charge in [0, 0.05) is 0 Å². The number of aromatic nitrogens is 2.